The minimum absolute atomic E-state index is 0.0832. The summed E-state index contributed by atoms with van der Waals surface area (Å²) in [7, 11) is 2.22. The molecule has 0 aromatic carbocycles. The van der Waals surface area contributed by atoms with Crippen LogP contribution in [0.5, 0.6) is 0 Å². The summed E-state index contributed by atoms with van der Waals surface area (Å²) >= 11 is 0. The summed E-state index contributed by atoms with van der Waals surface area (Å²) in [5.41, 5.74) is 0.0832. The highest BCUT2D eigenvalue weighted by Gasteiger charge is 2.43. The maximum atomic E-state index is 12.6. The van der Waals surface area contributed by atoms with Gasteiger partial charge in [0.25, 0.3) is 0 Å². The lowest BCUT2D eigenvalue weighted by molar-refractivity contribution is -0.131. The molecule has 7 heteroatoms. The van der Waals surface area contributed by atoms with Crippen LogP contribution < -0.4 is 0 Å². The third-order valence-corrected chi connectivity index (χ3v) is 6.43. The molecule has 1 aliphatic carbocycles. The maximum Gasteiger partial charge on any atom is 0.230 e. The van der Waals surface area contributed by atoms with Crippen LogP contribution in [-0.2, 0) is 17.8 Å². The number of likely N-dealkylation sites (N-methyl/N-ethyl adjacent to an activating group) is 1. The molecule has 144 valence electrons. The number of carbonyl (C=O) groups excluding carboxylic acids is 1. The van der Waals surface area contributed by atoms with E-state index in [1.54, 1.807) is 0 Å². The molecule has 26 heavy (non-hydrogen) atoms. The van der Waals surface area contributed by atoms with Crippen LogP contribution in [0.3, 0.4) is 0 Å². The SMILES string of the molecule is CCc1nnc(CN2CCN(C)C3(CCC(=O)N(CC4CC4)CC3)C2)o1. The van der Waals surface area contributed by atoms with E-state index >= 15 is 0 Å². The number of aromatic nitrogens is 2. The molecule has 3 heterocycles. The van der Waals surface area contributed by atoms with Crippen LogP contribution in [0.15, 0.2) is 4.42 Å². The molecular formula is C19H31N5O2. The summed E-state index contributed by atoms with van der Waals surface area (Å²) in [4.78, 5) is 19.6. The van der Waals surface area contributed by atoms with Crippen molar-refractivity contribution in [2.75, 3.05) is 39.8 Å². The monoisotopic (exact) mass is 361 g/mol. The van der Waals surface area contributed by atoms with Gasteiger partial charge < -0.3 is 9.32 Å². The lowest BCUT2D eigenvalue weighted by Gasteiger charge is -2.49. The lowest BCUT2D eigenvalue weighted by Crippen LogP contribution is -2.60. The fourth-order valence-electron chi connectivity index (χ4n) is 4.40. The molecule has 1 aromatic heterocycles. The van der Waals surface area contributed by atoms with Crippen LogP contribution in [-0.4, -0.2) is 76.1 Å². The zero-order chi connectivity index (χ0) is 18.1. The highest BCUT2D eigenvalue weighted by Crippen LogP contribution is 2.35. The van der Waals surface area contributed by atoms with E-state index < -0.39 is 0 Å². The van der Waals surface area contributed by atoms with Gasteiger partial charge in [-0.1, -0.05) is 6.92 Å². The van der Waals surface area contributed by atoms with Gasteiger partial charge in [0.05, 0.1) is 6.54 Å². The lowest BCUT2D eigenvalue weighted by atomic mass is 9.86. The minimum atomic E-state index is 0.0832. The smallest absolute Gasteiger partial charge is 0.230 e. The summed E-state index contributed by atoms with van der Waals surface area (Å²) in [5, 5.41) is 8.26. The van der Waals surface area contributed by atoms with Gasteiger partial charge in [0.1, 0.15) is 0 Å². The summed E-state index contributed by atoms with van der Waals surface area (Å²) in [6.45, 7) is 7.60. The zero-order valence-corrected chi connectivity index (χ0v) is 16.1. The number of amides is 1. The van der Waals surface area contributed by atoms with Gasteiger partial charge in [0, 0.05) is 51.1 Å². The Balaban J connectivity index is 1.42. The zero-order valence-electron chi connectivity index (χ0n) is 16.1. The van der Waals surface area contributed by atoms with Crippen molar-refractivity contribution >= 4 is 5.91 Å². The molecule has 1 aromatic rings. The van der Waals surface area contributed by atoms with Gasteiger partial charge in [0.15, 0.2) is 0 Å². The van der Waals surface area contributed by atoms with Crippen LogP contribution >= 0.6 is 0 Å². The molecular weight excluding hydrogens is 330 g/mol. The minimum Gasteiger partial charge on any atom is -0.424 e. The van der Waals surface area contributed by atoms with Crippen LogP contribution in [0, 0.1) is 5.92 Å². The average Bonchev–Trinajstić information content (AvgIpc) is 3.37. The van der Waals surface area contributed by atoms with E-state index in [2.05, 4.69) is 31.9 Å². The first kappa shape index (κ1) is 17.9. The van der Waals surface area contributed by atoms with Crippen molar-refractivity contribution in [2.24, 2.45) is 5.92 Å². The standard InChI is InChI=1S/C19H31N5O2/c1-3-16-20-21-17(26-16)13-23-11-10-22(2)19(14-23)7-6-18(25)24(9-8-19)12-15-4-5-15/h15H,3-14H2,1-2H3. The molecule has 3 fully saturated rings. The number of hydrogen-bond donors (Lipinski definition) is 0. The first-order valence-corrected chi connectivity index (χ1v) is 10.1. The van der Waals surface area contributed by atoms with Crippen molar-refractivity contribution in [2.45, 2.75) is 57.5 Å². The van der Waals surface area contributed by atoms with Gasteiger partial charge in [-0.3, -0.25) is 14.6 Å². The normalized spacial score (nSPS) is 28.7. The van der Waals surface area contributed by atoms with E-state index in [1.807, 2.05) is 6.92 Å². The predicted octanol–water partition coefficient (Wildman–Crippen LogP) is 1.54. The molecule has 2 aliphatic heterocycles. The van der Waals surface area contributed by atoms with Crippen molar-refractivity contribution in [3.63, 3.8) is 0 Å². The molecule has 3 aliphatic rings. The molecule has 1 saturated carbocycles. The Bertz CT molecular complexity index is 644. The molecule has 1 spiro atoms. The molecule has 2 saturated heterocycles. The molecule has 0 bridgehead atoms. The summed E-state index contributed by atoms with van der Waals surface area (Å²) in [5.74, 6) is 2.53. The van der Waals surface area contributed by atoms with Crippen LogP contribution in [0.4, 0.5) is 0 Å². The second kappa shape index (κ2) is 7.27. The van der Waals surface area contributed by atoms with E-state index in [-0.39, 0.29) is 5.54 Å². The van der Waals surface area contributed by atoms with E-state index in [4.69, 9.17) is 4.42 Å². The van der Waals surface area contributed by atoms with Crippen LogP contribution in [0.1, 0.15) is 50.8 Å². The predicted molar refractivity (Wildman–Crippen MR) is 97.5 cm³/mol. The van der Waals surface area contributed by atoms with E-state index in [1.165, 1.54) is 12.8 Å². The van der Waals surface area contributed by atoms with Crippen molar-refractivity contribution in [1.29, 1.82) is 0 Å². The fraction of sp³-hybridized carbons (Fsp3) is 0.842. The first-order chi connectivity index (χ1) is 12.6. The number of likely N-dealkylation sites (tertiary alicyclic amines) is 1. The van der Waals surface area contributed by atoms with Crippen LogP contribution in [0.2, 0.25) is 0 Å². The second-order valence-corrected chi connectivity index (χ2v) is 8.33. The Kier molecular flexibility index (Phi) is 5.01. The third-order valence-electron chi connectivity index (χ3n) is 6.43. The van der Waals surface area contributed by atoms with E-state index in [9.17, 15) is 4.79 Å². The maximum absolute atomic E-state index is 12.6. The van der Waals surface area contributed by atoms with E-state index in [0.717, 1.165) is 57.9 Å². The summed E-state index contributed by atoms with van der Waals surface area (Å²) < 4.78 is 5.71. The highest BCUT2D eigenvalue weighted by atomic mass is 16.4. The number of hydrogen-bond acceptors (Lipinski definition) is 6. The van der Waals surface area contributed by atoms with E-state index in [0.29, 0.717) is 30.7 Å². The third kappa shape index (κ3) is 3.78. The summed E-state index contributed by atoms with van der Waals surface area (Å²) in [6.07, 6.45) is 6.05. The van der Waals surface area contributed by atoms with Gasteiger partial charge in [0.2, 0.25) is 17.7 Å². The first-order valence-electron chi connectivity index (χ1n) is 10.1. The van der Waals surface area contributed by atoms with Gasteiger partial charge in [-0.25, -0.2) is 0 Å². The molecule has 4 rings (SSSR count). The molecule has 1 amide bonds. The quantitative estimate of drug-likeness (QED) is 0.793. The fourth-order valence-corrected chi connectivity index (χ4v) is 4.40. The number of rotatable bonds is 5. The molecule has 7 nitrogen and oxygen atoms in total. The number of nitrogens with zero attached hydrogens (tertiary/aromatic N) is 5. The van der Waals surface area contributed by atoms with Crippen LogP contribution in [0.25, 0.3) is 0 Å². The van der Waals surface area contributed by atoms with Crippen molar-refractivity contribution < 1.29 is 9.21 Å². The number of carbonyl (C=O) groups is 1. The summed E-state index contributed by atoms with van der Waals surface area (Å²) in [6, 6.07) is 0. The Morgan fingerprint density at radius 2 is 1.96 bits per heavy atom. The molecule has 0 radical (unpaired) electrons. The number of piperazine rings is 1. The highest BCUT2D eigenvalue weighted by molar-refractivity contribution is 5.76. The topological polar surface area (TPSA) is 65.7 Å². The van der Waals surface area contributed by atoms with Gasteiger partial charge in [-0.15, -0.1) is 10.2 Å². The van der Waals surface area contributed by atoms with Crippen molar-refractivity contribution in [3.8, 4) is 0 Å². The van der Waals surface area contributed by atoms with Gasteiger partial charge in [-0.05, 0) is 38.6 Å². The molecule has 1 unspecified atom stereocenters. The molecule has 1 atom stereocenters. The van der Waals surface area contributed by atoms with Crippen molar-refractivity contribution in [3.05, 3.63) is 11.8 Å². The van der Waals surface area contributed by atoms with Gasteiger partial charge >= 0.3 is 0 Å². The Hall–Kier alpha value is -1.47. The Morgan fingerprint density at radius 3 is 2.69 bits per heavy atom. The Morgan fingerprint density at radius 1 is 1.15 bits per heavy atom. The van der Waals surface area contributed by atoms with Gasteiger partial charge in [-0.2, -0.15) is 0 Å². The largest absolute Gasteiger partial charge is 0.424 e. The molecule has 0 N–H and O–H groups in total. The number of aryl methyl sites for hydroxylation is 1. The average molecular weight is 361 g/mol. The van der Waals surface area contributed by atoms with Crippen molar-refractivity contribution in [1.82, 2.24) is 24.9 Å². The Labute approximate surface area is 155 Å². The second-order valence-electron chi connectivity index (χ2n) is 8.33.